The van der Waals surface area contributed by atoms with E-state index in [0.29, 0.717) is 23.9 Å². The minimum Gasteiger partial charge on any atom is -0.388 e. The van der Waals surface area contributed by atoms with Crippen molar-refractivity contribution in [1.82, 2.24) is 15.8 Å². The molecule has 120 valence electrons. The van der Waals surface area contributed by atoms with E-state index < -0.39 is 0 Å². The number of carbonyl (C=O) groups excluding carboxylic acids is 1. The zero-order valence-corrected chi connectivity index (χ0v) is 13.6. The van der Waals surface area contributed by atoms with Crippen LogP contribution in [0, 0.1) is 12.3 Å². The molecule has 0 saturated carbocycles. The third-order valence-electron chi connectivity index (χ3n) is 4.74. The largest absolute Gasteiger partial charge is 0.388 e. The zero-order valence-electron chi connectivity index (χ0n) is 13.6. The number of carbonyl (C=O) groups is 1. The summed E-state index contributed by atoms with van der Waals surface area (Å²) >= 11 is 0. The molecule has 1 heterocycles. The molecule has 0 aliphatic rings. The lowest BCUT2D eigenvalue weighted by Crippen LogP contribution is -2.48. The van der Waals surface area contributed by atoms with Gasteiger partial charge in [-0.15, -0.1) is 0 Å². The van der Waals surface area contributed by atoms with E-state index in [4.69, 9.17) is 9.63 Å². The van der Waals surface area contributed by atoms with E-state index >= 15 is 0 Å². The minimum atomic E-state index is -0.259. The molecule has 6 heteroatoms. The standard InChI is InChI=1S/C15H27N3O3/c1-6-15(7-2,11(4)16-5)9-17-14(20)13-10(3)12(8-19)21-18-13/h11,16,19H,6-9H2,1-5H3,(H,17,20). The van der Waals surface area contributed by atoms with Crippen molar-refractivity contribution in [2.45, 2.75) is 53.2 Å². The molecule has 0 saturated heterocycles. The molecular formula is C15H27N3O3. The Bertz CT molecular complexity index is 467. The number of rotatable bonds is 8. The summed E-state index contributed by atoms with van der Waals surface area (Å²) in [4.78, 5) is 12.2. The van der Waals surface area contributed by atoms with Crippen LogP contribution in [0.5, 0.6) is 0 Å². The summed E-state index contributed by atoms with van der Waals surface area (Å²) in [6.07, 6.45) is 1.93. The fraction of sp³-hybridized carbons (Fsp3) is 0.733. The third-order valence-corrected chi connectivity index (χ3v) is 4.74. The highest BCUT2D eigenvalue weighted by Crippen LogP contribution is 2.29. The Morgan fingerprint density at radius 2 is 2.05 bits per heavy atom. The number of aliphatic hydroxyl groups excluding tert-OH is 1. The Labute approximate surface area is 126 Å². The smallest absolute Gasteiger partial charge is 0.273 e. The van der Waals surface area contributed by atoms with E-state index in [2.05, 4.69) is 36.6 Å². The van der Waals surface area contributed by atoms with E-state index in [-0.39, 0.29) is 23.6 Å². The number of nitrogens with zero attached hydrogens (tertiary/aromatic N) is 1. The maximum atomic E-state index is 12.2. The van der Waals surface area contributed by atoms with Crippen molar-refractivity contribution in [3.8, 4) is 0 Å². The molecule has 0 aromatic carbocycles. The molecule has 6 nitrogen and oxygen atoms in total. The van der Waals surface area contributed by atoms with Gasteiger partial charge in [0.15, 0.2) is 11.5 Å². The Hall–Kier alpha value is -1.40. The van der Waals surface area contributed by atoms with Crippen LogP contribution >= 0.6 is 0 Å². The van der Waals surface area contributed by atoms with E-state index in [1.807, 2.05) is 7.05 Å². The van der Waals surface area contributed by atoms with Crippen molar-refractivity contribution in [1.29, 1.82) is 0 Å². The van der Waals surface area contributed by atoms with Crippen LogP contribution in [-0.2, 0) is 6.61 Å². The molecule has 1 atom stereocenters. The number of nitrogens with one attached hydrogen (secondary N) is 2. The number of amides is 1. The fourth-order valence-electron chi connectivity index (χ4n) is 2.64. The highest BCUT2D eigenvalue weighted by atomic mass is 16.5. The third kappa shape index (κ3) is 3.63. The Balaban J connectivity index is 2.80. The molecule has 1 rings (SSSR count). The van der Waals surface area contributed by atoms with Gasteiger partial charge in [-0.3, -0.25) is 4.79 Å². The van der Waals surface area contributed by atoms with E-state index in [1.165, 1.54) is 0 Å². The van der Waals surface area contributed by atoms with Crippen molar-refractivity contribution in [3.05, 3.63) is 17.0 Å². The Kier molecular flexibility index (Phi) is 6.36. The van der Waals surface area contributed by atoms with Crippen LogP contribution < -0.4 is 10.6 Å². The average molecular weight is 297 g/mol. The second-order valence-electron chi connectivity index (χ2n) is 5.50. The van der Waals surface area contributed by atoms with Gasteiger partial charge in [-0.1, -0.05) is 19.0 Å². The van der Waals surface area contributed by atoms with Crippen LogP contribution in [0.3, 0.4) is 0 Å². The number of hydrogen-bond acceptors (Lipinski definition) is 5. The molecule has 1 amide bonds. The summed E-state index contributed by atoms with van der Waals surface area (Å²) in [7, 11) is 1.93. The van der Waals surface area contributed by atoms with E-state index in [0.717, 1.165) is 12.8 Å². The molecule has 0 aliphatic carbocycles. The molecular weight excluding hydrogens is 270 g/mol. The lowest BCUT2D eigenvalue weighted by molar-refractivity contribution is 0.0898. The molecule has 1 aromatic rings. The maximum Gasteiger partial charge on any atom is 0.273 e. The van der Waals surface area contributed by atoms with Gasteiger partial charge >= 0.3 is 0 Å². The second-order valence-corrected chi connectivity index (χ2v) is 5.50. The zero-order chi connectivity index (χ0) is 16.0. The summed E-state index contributed by atoms with van der Waals surface area (Å²) in [5.41, 5.74) is 0.842. The van der Waals surface area contributed by atoms with E-state index in [9.17, 15) is 4.79 Å². The van der Waals surface area contributed by atoms with E-state index in [1.54, 1.807) is 6.92 Å². The molecule has 1 aromatic heterocycles. The van der Waals surface area contributed by atoms with Crippen LogP contribution in [-0.4, -0.2) is 35.8 Å². The van der Waals surface area contributed by atoms with Gasteiger partial charge in [-0.25, -0.2) is 0 Å². The first kappa shape index (κ1) is 17.7. The Morgan fingerprint density at radius 1 is 1.43 bits per heavy atom. The van der Waals surface area contributed by atoms with Crippen molar-refractivity contribution in [3.63, 3.8) is 0 Å². The highest BCUT2D eigenvalue weighted by molar-refractivity contribution is 5.93. The van der Waals surface area contributed by atoms with Crippen molar-refractivity contribution >= 4 is 5.91 Å². The monoisotopic (exact) mass is 297 g/mol. The highest BCUT2D eigenvalue weighted by Gasteiger charge is 2.33. The summed E-state index contributed by atoms with van der Waals surface area (Å²) in [5.74, 6) is 0.0755. The topological polar surface area (TPSA) is 87.4 Å². The second kappa shape index (κ2) is 7.56. The van der Waals surface area contributed by atoms with Gasteiger partial charge in [0, 0.05) is 23.6 Å². The predicted octanol–water partition coefficient (Wildman–Crippen LogP) is 1.62. The molecule has 21 heavy (non-hydrogen) atoms. The molecule has 3 N–H and O–H groups in total. The summed E-state index contributed by atoms with van der Waals surface area (Å²) in [6, 6.07) is 0.291. The van der Waals surface area contributed by atoms with Gasteiger partial charge in [0.25, 0.3) is 5.91 Å². The number of aromatic nitrogens is 1. The van der Waals surface area contributed by atoms with Crippen molar-refractivity contribution in [2.24, 2.45) is 5.41 Å². The number of hydrogen-bond donors (Lipinski definition) is 3. The first-order valence-electron chi connectivity index (χ1n) is 7.47. The first-order valence-corrected chi connectivity index (χ1v) is 7.47. The molecule has 0 radical (unpaired) electrons. The summed E-state index contributed by atoms with van der Waals surface area (Å²) in [6.45, 7) is 8.44. The van der Waals surface area contributed by atoms with Gasteiger partial charge in [0.05, 0.1) is 0 Å². The normalized spacial score (nSPS) is 13.2. The Morgan fingerprint density at radius 3 is 2.48 bits per heavy atom. The quantitative estimate of drug-likeness (QED) is 0.678. The average Bonchev–Trinajstić information content (AvgIpc) is 2.88. The lowest BCUT2D eigenvalue weighted by Gasteiger charge is -2.37. The lowest BCUT2D eigenvalue weighted by atomic mass is 9.76. The van der Waals surface area contributed by atoms with Gasteiger partial charge in [0.1, 0.15) is 6.61 Å². The fourth-order valence-corrected chi connectivity index (χ4v) is 2.64. The maximum absolute atomic E-state index is 12.2. The SMILES string of the molecule is CCC(CC)(CNC(=O)c1noc(CO)c1C)C(C)NC. The molecule has 0 fully saturated rings. The van der Waals surface area contributed by atoms with Crippen molar-refractivity contribution < 1.29 is 14.4 Å². The number of aliphatic hydroxyl groups is 1. The molecule has 0 aliphatic heterocycles. The molecule has 0 bridgehead atoms. The van der Waals surface area contributed by atoms with Crippen LogP contribution in [0.4, 0.5) is 0 Å². The molecule has 0 spiro atoms. The predicted molar refractivity (Wildman–Crippen MR) is 81.0 cm³/mol. The van der Waals surface area contributed by atoms with Gasteiger partial charge in [-0.2, -0.15) is 0 Å². The van der Waals surface area contributed by atoms with Crippen LogP contribution in [0.2, 0.25) is 0 Å². The van der Waals surface area contributed by atoms with Gasteiger partial charge in [0.2, 0.25) is 0 Å². The van der Waals surface area contributed by atoms with Crippen LogP contribution in [0.25, 0.3) is 0 Å². The van der Waals surface area contributed by atoms with Gasteiger partial charge in [-0.05, 0) is 33.7 Å². The first-order chi connectivity index (χ1) is 9.95. The van der Waals surface area contributed by atoms with Crippen molar-refractivity contribution in [2.75, 3.05) is 13.6 Å². The van der Waals surface area contributed by atoms with Crippen LogP contribution in [0.1, 0.15) is 55.4 Å². The van der Waals surface area contributed by atoms with Crippen LogP contribution in [0.15, 0.2) is 4.52 Å². The van der Waals surface area contributed by atoms with Gasteiger partial charge < -0.3 is 20.3 Å². The summed E-state index contributed by atoms with van der Waals surface area (Å²) in [5, 5.41) is 19.1. The molecule has 1 unspecified atom stereocenters. The summed E-state index contributed by atoms with van der Waals surface area (Å²) < 4.78 is 4.95. The minimum absolute atomic E-state index is 0.00184.